The molecule has 4 nitrogen and oxygen atoms in total. The summed E-state index contributed by atoms with van der Waals surface area (Å²) in [6.07, 6.45) is 34.2. The predicted molar refractivity (Wildman–Crippen MR) is 332 cm³/mol. The van der Waals surface area contributed by atoms with Crippen LogP contribution in [0.4, 0.5) is 35.1 Å². The molecule has 8 aromatic heterocycles. The molecule has 444 valence electrons. The van der Waals surface area contributed by atoms with Crippen molar-refractivity contribution < 1.29 is 35.1 Å². The molecule has 84 heavy (non-hydrogen) atoms. The highest BCUT2D eigenvalue weighted by Gasteiger charge is 2.30. The molecule has 14 aromatic rings. The summed E-state index contributed by atoms with van der Waals surface area (Å²) < 4.78 is 145. The van der Waals surface area contributed by atoms with Gasteiger partial charge in [0.2, 0.25) is 0 Å². The summed E-state index contributed by atoms with van der Waals surface area (Å²) in [5, 5.41) is 3.97. The van der Waals surface area contributed by atoms with E-state index in [0.717, 1.165) is 220 Å². The summed E-state index contributed by atoms with van der Waals surface area (Å²) in [7, 11) is 0. The normalized spacial score (nSPS) is 12.4. The lowest BCUT2D eigenvalue weighted by Gasteiger charge is -2.16. The fraction of sp³-hybridized carbons (Fsp3) is 0.444. The number of benzene rings is 6. The van der Waals surface area contributed by atoms with Crippen LogP contribution in [0.1, 0.15) is 204 Å². The van der Waals surface area contributed by atoms with Crippen LogP contribution in [0.5, 0.6) is 0 Å². The van der Waals surface area contributed by atoms with E-state index in [1.54, 1.807) is 24.3 Å². The van der Waals surface area contributed by atoms with E-state index in [2.05, 4.69) is 52.0 Å². The summed E-state index contributed by atoms with van der Waals surface area (Å²) in [5.74, 6) is -13.6. The van der Waals surface area contributed by atoms with Gasteiger partial charge in [-0.1, -0.05) is 180 Å². The first-order chi connectivity index (χ1) is 40.9. The monoisotopic (exact) mass is 1150 g/mol. The Morgan fingerprint density at radius 3 is 0.595 bits per heavy atom. The maximum Gasteiger partial charge on any atom is 0.188 e. The van der Waals surface area contributed by atoms with Crippen molar-refractivity contribution in [3.63, 3.8) is 0 Å². The van der Waals surface area contributed by atoms with Crippen molar-refractivity contribution in [1.82, 2.24) is 17.6 Å². The summed E-state index contributed by atoms with van der Waals surface area (Å²) in [5.41, 5.74) is -0.309. The van der Waals surface area contributed by atoms with Crippen LogP contribution < -0.4 is 0 Å². The van der Waals surface area contributed by atoms with E-state index in [4.69, 9.17) is 0 Å². The van der Waals surface area contributed by atoms with Crippen molar-refractivity contribution in [2.24, 2.45) is 0 Å². The van der Waals surface area contributed by atoms with Crippen LogP contribution in [0.3, 0.4) is 0 Å². The summed E-state index contributed by atoms with van der Waals surface area (Å²) in [6, 6.07) is 14.5. The van der Waals surface area contributed by atoms with Gasteiger partial charge in [0.05, 0.1) is 22.1 Å². The molecule has 12 heteroatoms. The number of aromatic nitrogens is 4. The molecule has 0 atom stereocenters. The first-order valence-corrected chi connectivity index (χ1v) is 31.9. The van der Waals surface area contributed by atoms with Crippen LogP contribution in [0.2, 0.25) is 0 Å². The molecule has 4 bridgehead atoms. The van der Waals surface area contributed by atoms with Crippen LogP contribution in [-0.2, 0) is 25.7 Å². The Balaban J connectivity index is 1.22. The Hall–Kier alpha value is -6.56. The van der Waals surface area contributed by atoms with Crippen molar-refractivity contribution in [2.45, 2.75) is 207 Å². The lowest BCUT2D eigenvalue weighted by atomic mass is 9.91. The number of hydrogen-bond acceptors (Lipinski definition) is 0. The van der Waals surface area contributed by atoms with Crippen molar-refractivity contribution >= 4 is 87.2 Å². The molecule has 0 spiro atoms. The minimum absolute atomic E-state index is 0.0725. The molecule has 6 aromatic carbocycles. The van der Waals surface area contributed by atoms with Gasteiger partial charge in [-0.2, -0.15) is 0 Å². The molecular formula is C72H80F8N4. The number of nitrogens with zero attached hydrogens (tertiary/aromatic N) is 4. The van der Waals surface area contributed by atoms with Gasteiger partial charge in [0.15, 0.2) is 46.5 Å². The zero-order chi connectivity index (χ0) is 58.8. The Labute approximate surface area is 487 Å². The van der Waals surface area contributed by atoms with Gasteiger partial charge >= 0.3 is 0 Å². The lowest BCUT2D eigenvalue weighted by Crippen LogP contribution is -2.06. The topological polar surface area (TPSA) is 17.6 Å². The van der Waals surface area contributed by atoms with Gasteiger partial charge in [0.25, 0.3) is 0 Å². The second-order valence-electron chi connectivity index (χ2n) is 24.1. The fourth-order valence-corrected chi connectivity index (χ4v) is 14.0. The predicted octanol–water partition coefficient (Wildman–Crippen LogP) is 22.9. The molecule has 0 fully saturated rings. The molecule has 0 aliphatic carbocycles. The molecule has 8 heterocycles. The van der Waals surface area contributed by atoms with E-state index in [1.165, 1.54) is 24.8 Å². The van der Waals surface area contributed by atoms with Gasteiger partial charge in [0, 0.05) is 46.3 Å². The van der Waals surface area contributed by atoms with Gasteiger partial charge in [-0.15, -0.1) is 0 Å². The van der Waals surface area contributed by atoms with Gasteiger partial charge in [-0.25, -0.2) is 35.1 Å². The molecule has 0 unspecified atom stereocenters. The van der Waals surface area contributed by atoms with Gasteiger partial charge < -0.3 is 17.6 Å². The third kappa shape index (κ3) is 10.7. The molecule has 0 radical (unpaired) electrons. The lowest BCUT2D eigenvalue weighted by molar-refractivity contribution is 0.472. The molecular weight excluding hydrogens is 1070 g/mol. The fourth-order valence-electron chi connectivity index (χ4n) is 14.0. The smallest absolute Gasteiger partial charge is 0.188 e. The van der Waals surface area contributed by atoms with Crippen molar-refractivity contribution in [2.75, 3.05) is 0 Å². The van der Waals surface area contributed by atoms with Gasteiger partial charge in [-0.05, 0) is 119 Å². The second kappa shape index (κ2) is 26.0. The van der Waals surface area contributed by atoms with E-state index < -0.39 is 68.6 Å². The first kappa shape index (κ1) is 59.2. The summed E-state index contributed by atoms with van der Waals surface area (Å²) in [4.78, 5) is 0. The van der Waals surface area contributed by atoms with Crippen LogP contribution in [-0.4, -0.2) is 17.6 Å². The van der Waals surface area contributed by atoms with Crippen LogP contribution >= 0.6 is 0 Å². The standard InChI is InChI=1S/C72H80F8N4/c1-5-9-13-17-21-25-29-45-41-53-49-33-37-81-65(49)66-50(54(53)42-46(45)30-26-22-18-14-10-6-2)34-38-82(66)70-61(77)63(79)72(64(80)62(70)78)84-40-36-52-56-44-48(32-28-24-20-16-12-8-4)47(31-27-23-19-15-11-7-3)43-55(56)51-35-39-83(67(51)68(52)84)71-59(75)57(73)69(81)58(74)60(71)76/h33-44H,5-32H2,1-4H3. The van der Waals surface area contributed by atoms with Gasteiger partial charge in [0.1, 0.15) is 22.1 Å². The summed E-state index contributed by atoms with van der Waals surface area (Å²) >= 11 is 0. The summed E-state index contributed by atoms with van der Waals surface area (Å²) in [6.45, 7) is 8.73. The quantitative estimate of drug-likeness (QED) is 0.0264. The SMILES string of the molecule is CCCCCCCCc1cc2c(cc1CCCCCCCC)c1ccn3c4c(F)c(F)c(c(F)c4F)n4ccc5c6cc(CCCCCCCC)c(CCCCCCCC)cc6c6ccn(c7c(F)c(F)c(c(F)c7F)n7ccc2c7c13)c6c54. The Bertz CT molecular complexity index is 3660. The van der Waals surface area contributed by atoms with Crippen molar-refractivity contribution in [3.8, 4) is 0 Å². The maximum atomic E-state index is 17.7. The molecule has 0 N–H and O–H groups in total. The van der Waals surface area contributed by atoms with Crippen molar-refractivity contribution in [1.29, 1.82) is 0 Å². The number of hydrogen-bond donors (Lipinski definition) is 0. The molecule has 0 amide bonds. The Morgan fingerprint density at radius 2 is 0.405 bits per heavy atom. The third-order valence-corrected chi connectivity index (χ3v) is 18.4. The number of unbranched alkanes of at least 4 members (excludes halogenated alkanes) is 20. The van der Waals surface area contributed by atoms with E-state index >= 15 is 35.1 Å². The zero-order valence-electron chi connectivity index (χ0n) is 49.5. The second-order valence-corrected chi connectivity index (χ2v) is 24.1. The Morgan fingerprint density at radius 1 is 0.226 bits per heavy atom. The zero-order valence-corrected chi connectivity index (χ0v) is 49.5. The molecule has 0 aliphatic heterocycles. The van der Waals surface area contributed by atoms with Crippen LogP contribution in [0.25, 0.3) is 87.2 Å². The van der Waals surface area contributed by atoms with Crippen LogP contribution in [0, 0.1) is 46.5 Å². The number of aryl methyl sites for hydroxylation is 4. The highest BCUT2D eigenvalue weighted by atomic mass is 19.2. The third-order valence-electron chi connectivity index (χ3n) is 18.4. The minimum Gasteiger partial charge on any atom is -0.309 e. The number of fused-ring (bicyclic) bond motifs is 6. The molecule has 14 rings (SSSR count). The van der Waals surface area contributed by atoms with E-state index in [1.807, 2.05) is 0 Å². The highest BCUT2D eigenvalue weighted by Crippen LogP contribution is 2.44. The first-order valence-electron chi connectivity index (χ1n) is 31.9. The van der Waals surface area contributed by atoms with E-state index in [9.17, 15) is 0 Å². The highest BCUT2D eigenvalue weighted by molar-refractivity contribution is 6.26. The number of halogens is 8. The average Bonchev–Trinajstić information content (AvgIpc) is 1.78. The van der Waals surface area contributed by atoms with Gasteiger partial charge in [-0.3, -0.25) is 0 Å². The van der Waals surface area contributed by atoms with E-state index in [0.29, 0.717) is 43.1 Å². The van der Waals surface area contributed by atoms with E-state index in [-0.39, 0.29) is 22.1 Å². The average molecular weight is 1150 g/mol. The minimum atomic E-state index is -1.70. The number of rotatable bonds is 28. The largest absolute Gasteiger partial charge is 0.309 e. The van der Waals surface area contributed by atoms with Crippen LogP contribution in [0.15, 0.2) is 73.3 Å². The van der Waals surface area contributed by atoms with Crippen molar-refractivity contribution in [3.05, 3.63) is 142 Å². The molecule has 0 aliphatic rings. The maximum absolute atomic E-state index is 17.7. The molecule has 0 saturated heterocycles. The Kier molecular flexibility index (Phi) is 18.3. The molecule has 0 saturated carbocycles.